The Morgan fingerprint density at radius 2 is 1.62 bits per heavy atom. The van der Waals surface area contributed by atoms with Crippen LogP contribution in [0.2, 0.25) is 0 Å². The fraction of sp³-hybridized carbons (Fsp3) is 0.0800. The number of rotatable bonds is 4. The van der Waals surface area contributed by atoms with Crippen molar-refractivity contribution in [2.75, 3.05) is 10.2 Å². The zero-order valence-electron chi connectivity index (χ0n) is 16.8. The fourth-order valence-electron chi connectivity index (χ4n) is 4.10. The van der Waals surface area contributed by atoms with Gasteiger partial charge in [-0.2, -0.15) is 0 Å². The Balaban J connectivity index is 1.63. The van der Waals surface area contributed by atoms with Gasteiger partial charge in [0.05, 0.1) is 11.9 Å². The summed E-state index contributed by atoms with van der Waals surface area (Å²) in [6.07, 6.45) is 1.61. The Hall–Kier alpha value is -4.13. The molecule has 4 aromatic rings. The number of benzene rings is 3. The summed E-state index contributed by atoms with van der Waals surface area (Å²) in [5, 5.41) is 3.62. The largest absolute Gasteiger partial charge is 0.324 e. The summed E-state index contributed by atoms with van der Waals surface area (Å²) in [5.41, 5.74) is 0.804. The van der Waals surface area contributed by atoms with Crippen molar-refractivity contribution >= 4 is 34.1 Å². The lowest BCUT2D eigenvalue weighted by Crippen LogP contribution is -2.67. The van der Waals surface area contributed by atoms with Crippen LogP contribution < -0.4 is 10.2 Å². The van der Waals surface area contributed by atoms with Crippen molar-refractivity contribution in [3.63, 3.8) is 0 Å². The minimum atomic E-state index is -1.35. The lowest BCUT2D eigenvalue weighted by Gasteiger charge is -2.50. The van der Waals surface area contributed by atoms with Crippen LogP contribution in [0.25, 0.3) is 10.9 Å². The van der Waals surface area contributed by atoms with Crippen LogP contribution in [0.15, 0.2) is 85.1 Å². The molecule has 0 spiro atoms. The molecular weight excluding hydrogens is 412 g/mol. The van der Waals surface area contributed by atoms with Crippen molar-refractivity contribution in [1.29, 1.82) is 0 Å². The summed E-state index contributed by atoms with van der Waals surface area (Å²) in [7, 11) is 0. The first-order chi connectivity index (χ1) is 15.5. The van der Waals surface area contributed by atoms with E-state index >= 15 is 0 Å². The quantitative estimate of drug-likeness (QED) is 0.475. The third kappa shape index (κ3) is 3.19. The number of carbonyl (C=O) groups is 2. The van der Waals surface area contributed by atoms with E-state index in [9.17, 15) is 18.4 Å². The molecule has 5 nitrogen and oxygen atoms in total. The summed E-state index contributed by atoms with van der Waals surface area (Å²) in [5.74, 6) is -1.58. The molecule has 158 valence electrons. The molecule has 32 heavy (non-hydrogen) atoms. The lowest BCUT2D eigenvalue weighted by molar-refractivity contribution is -0.137. The second kappa shape index (κ2) is 7.53. The number of hydrogen-bond acceptors (Lipinski definition) is 3. The summed E-state index contributed by atoms with van der Waals surface area (Å²) >= 11 is 0. The molecule has 1 aliphatic heterocycles. The number of nitrogens with zero attached hydrogens (tertiary/aromatic N) is 2. The summed E-state index contributed by atoms with van der Waals surface area (Å²) in [4.78, 5) is 32.1. The first-order valence-corrected chi connectivity index (χ1v) is 9.98. The van der Waals surface area contributed by atoms with Gasteiger partial charge >= 0.3 is 0 Å². The van der Waals surface area contributed by atoms with Gasteiger partial charge in [0.2, 0.25) is 5.91 Å². The van der Waals surface area contributed by atoms with E-state index in [1.807, 2.05) is 12.1 Å². The highest BCUT2D eigenvalue weighted by molar-refractivity contribution is 6.17. The molecule has 1 fully saturated rings. The highest BCUT2D eigenvalue weighted by atomic mass is 19.1. The number of β-lactam (4-membered cyclic amide) rings is 1. The Bertz CT molecular complexity index is 1340. The molecule has 0 radical (unpaired) electrons. The first kappa shape index (κ1) is 19.8. The van der Waals surface area contributed by atoms with Crippen LogP contribution in [0.3, 0.4) is 0 Å². The summed E-state index contributed by atoms with van der Waals surface area (Å²) in [6.45, 7) is 0. The smallest absolute Gasteiger partial charge is 0.255 e. The number of amides is 2. The Morgan fingerprint density at radius 1 is 0.938 bits per heavy atom. The Morgan fingerprint density at radius 3 is 2.31 bits per heavy atom. The number of fused-ring (bicyclic) bond motifs is 1. The topological polar surface area (TPSA) is 62.3 Å². The fourth-order valence-corrected chi connectivity index (χ4v) is 4.10. The molecule has 2 amide bonds. The predicted molar refractivity (Wildman–Crippen MR) is 117 cm³/mol. The maximum absolute atomic E-state index is 13.6. The van der Waals surface area contributed by atoms with Gasteiger partial charge in [-0.1, -0.05) is 12.1 Å². The summed E-state index contributed by atoms with van der Waals surface area (Å²) < 4.78 is 26.8. The van der Waals surface area contributed by atoms with Gasteiger partial charge in [-0.3, -0.25) is 19.5 Å². The maximum atomic E-state index is 13.6. The van der Waals surface area contributed by atoms with Crippen LogP contribution in [0.1, 0.15) is 12.0 Å². The average molecular weight is 429 g/mol. The van der Waals surface area contributed by atoms with Gasteiger partial charge < -0.3 is 5.32 Å². The second-order valence-electron chi connectivity index (χ2n) is 7.61. The molecule has 2 heterocycles. The number of carbonyl (C=O) groups excluding carboxylic acids is 2. The molecule has 0 aliphatic carbocycles. The highest BCUT2D eigenvalue weighted by Gasteiger charge is 2.58. The minimum Gasteiger partial charge on any atom is -0.324 e. The van der Waals surface area contributed by atoms with Crippen molar-refractivity contribution in [2.45, 2.75) is 12.0 Å². The van der Waals surface area contributed by atoms with Crippen LogP contribution in [0, 0.1) is 11.6 Å². The Labute approximate surface area is 182 Å². The van der Waals surface area contributed by atoms with Gasteiger partial charge in [-0.25, -0.2) is 8.78 Å². The highest BCUT2D eigenvalue weighted by Crippen LogP contribution is 2.46. The molecule has 0 bridgehead atoms. The lowest BCUT2D eigenvalue weighted by atomic mass is 9.75. The maximum Gasteiger partial charge on any atom is 0.255 e. The van der Waals surface area contributed by atoms with E-state index in [4.69, 9.17) is 0 Å². The van der Waals surface area contributed by atoms with Gasteiger partial charge in [-0.05, 0) is 72.3 Å². The van der Waals surface area contributed by atoms with Crippen LogP contribution >= 0.6 is 0 Å². The zero-order valence-corrected chi connectivity index (χ0v) is 16.8. The van der Waals surface area contributed by atoms with Gasteiger partial charge in [0, 0.05) is 23.0 Å². The van der Waals surface area contributed by atoms with E-state index in [0.717, 1.165) is 10.9 Å². The number of hydrogen-bond donors (Lipinski definition) is 1. The molecule has 1 unspecified atom stereocenters. The van der Waals surface area contributed by atoms with Crippen LogP contribution in [-0.2, 0) is 15.1 Å². The van der Waals surface area contributed by atoms with Gasteiger partial charge in [0.15, 0.2) is 5.54 Å². The van der Waals surface area contributed by atoms with E-state index in [1.54, 1.807) is 24.4 Å². The van der Waals surface area contributed by atoms with Crippen molar-refractivity contribution in [3.8, 4) is 0 Å². The molecule has 1 N–H and O–H groups in total. The van der Waals surface area contributed by atoms with E-state index in [1.165, 1.54) is 53.4 Å². The van der Waals surface area contributed by atoms with Crippen LogP contribution in [0.4, 0.5) is 20.2 Å². The van der Waals surface area contributed by atoms with Crippen molar-refractivity contribution in [1.82, 2.24) is 4.98 Å². The predicted octanol–water partition coefficient (Wildman–Crippen LogP) is 4.78. The van der Waals surface area contributed by atoms with Crippen LogP contribution in [0.5, 0.6) is 0 Å². The van der Waals surface area contributed by atoms with Crippen molar-refractivity contribution < 1.29 is 18.4 Å². The standard InChI is InChI=1S/C25H17F2N3O2/c26-18-4-8-20(9-5-18)29-24(32)25(17-3-12-22-16(14-17)2-1-13-28-22)15-23(31)30(25)21-10-6-19(27)7-11-21/h1-14H,15H2,(H,29,32). The molecular formula is C25H17F2N3O2. The Kier molecular flexibility index (Phi) is 4.66. The van der Waals surface area contributed by atoms with E-state index < -0.39 is 23.1 Å². The number of halogens is 2. The molecule has 1 aromatic heterocycles. The monoisotopic (exact) mass is 429 g/mol. The molecule has 3 aromatic carbocycles. The number of aromatic nitrogens is 1. The van der Waals surface area contributed by atoms with E-state index in [0.29, 0.717) is 16.9 Å². The average Bonchev–Trinajstić information content (AvgIpc) is 2.80. The van der Waals surface area contributed by atoms with Gasteiger partial charge in [0.25, 0.3) is 5.91 Å². The van der Waals surface area contributed by atoms with Crippen molar-refractivity contribution in [2.24, 2.45) is 0 Å². The van der Waals surface area contributed by atoms with Gasteiger partial charge in [0.1, 0.15) is 11.6 Å². The van der Waals surface area contributed by atoms with Crippen molar-refractivity contribution in [3.05, 3.63) is 102 Å². The van der Waals surface area contributed by atoms with E-state index in [2.05, 4.69) is 10.3 Å². The summed E-state index contributed by atoms with van der Waals surface area (Å²) in [6, 6.07) is 19.9. The van der Waals surface area contributed by atoms with E-state index in [-0.39, 0.29) is 12.3 Å². The molecule has 1 aliphatic rings. The molecule has 7 heteroatoms. The molecule has 1 saturated heterocycles. The number of pyridine rings is 1. The minimum absolute atomic E-state index is 0.0663. The normalized spacial score (nSPS) is 17.8. The first-order valence-electron chi connectivity index (χ1n) is 9.98. The van der Waals surface area contributed by atoms with Gasteiger partial charge in [-0.15, -0.1) is 0 Å². The number of anilines is 2. The second-order valence-corrected chi connectivity index (χ2v) is 7.61. The molecule has 0 saturated carbocycles. The number of nitrogens with one attached hydrogen (secondary N) is 1. The third-order valence-corrected chi connectivity index (χ3v) is 5.68. The van der Waals surface area contributed by atoms with Crippen LogP contribution in [-0.4, -0.2) is 16.8 Å². The SMILES string of the molecule is O=C1CC(C(=O)Nc2ccc(F)cc2)(c2ccc3ncccc3c2)N1c1ccc(F)cc1. The molecule has 5 rings (SSSR count). The zero-order chi connectivity index (χ0) is 22.3. The third-order valence-electron chi connectivity index (χ3n) is 5.68. The molecule has 1 atom stereocenters.